The number of halogens is 1. The maximum atomic E-state index is 12.1. The van der Waals surface area contributed by atoms with E-state index in [1.54, 1.807) is 30.0 Å². The van der Waals surface area contributed by atoms with Crippen LogP contribution in [-0.2, 0) is 5.75 Å². The number of amides is 1. The predicted octanol–water partition coefficient (Wildman–Crippen LogP) is 5.41. The maximum absolute atomic E-state index is 12.1. The van der Waals surface area contributed by atoms with Gasteiger partial charge in [-0.1, -0.05) is 30.3 Å². The first-order valence-corrected chi connectivity index (χ1v) is 9.76. The van der Waals surface area contributed by atoms with E-state index in [9.17, 15) is 4.79 Å². The van der Waals surface area contributed by atoms with Crippen LogP contribution in [0.3, 0.4) is 0 Å². The Balaban J connectivity index is 1.53. The smallest absolute Gasteiger partial charge is 0.271 e. The van der Waals surface area contributed by atoms with Crippen molar-refractivity contribution in [3.05, 3.63) is 87.8 Å². The number of hydrogen-bond acceptors (Lipinski definition) is 4. The van der Waals surface area contributed by atoms with Gasteiger partial charge in [0.25, 0.3) is 5.91 Å². The topological polar surface area (TPSA) is 54.6 Å². The highest BCUT2D eigenvalue weighted by molar-refractivity contribution is 9.10. The molecule has 3 aromatic rings. The number of carbonyl (C=O) groups excluding carboxylic acids is 1. The van der Waals surface area contributed by atoms with Crippen molar-refractivity contribution in [3.8, 4) is 0 Å². The summed E-state index contributed by atoms with van der Waals surface area (Å²) in [5, 5.41) is 3.93. The number of nitrogens with zero attached hydrogens (tertiary/aromatic N) is 1. The van der Waals surface area contributed by atoms with E-state index < -0.39 is 0 Å². The highest BCUT2D eigenvalue weighted by Crippen LogP contribution is 2.22. The van der Waals surface area contributed by atoms with E-state index in [0.29, 0.717) is 11.3 Å². The highest BCUT2D eigenvalue weighted by atomic mass is 79.9. The second-order valence-corrected chi connectivity index (χ2v) is 7.45. The lowest BCUT2D eigenvalue weighted by atomic mass is 10.1. The van der Waals surface area contributed by atoms with Gasteiger partial charge in [-0.05, 0) is 52.7 Å². The minimum absolute atomic E-state index is 0.258. The molecule has 0 radical (unpaired) electrons. The summed E-state index contributed by atoms with van der Waals surface area (Å²) in [4.78, 5) is 13.4. The first-order valence-electron chi connectivity index (χ1n) is 7.98. The van der Waals surface area contributed by atoms with Gasteiger partial charge in [-0.2, -0.15) is 5.10 Å². The average Bonchev–Trinajstić information content (AvgIpc) is 2.99. The number of hydrogen-bond donors (Lipinski definition) is 1. The standard InChI is InChI=1S/C20H17BrN2O2S/c1-14-19(21)11-17(25-14)12-22-23-20(24)16-9-7-15(8-10-16)13-26-18-5-3-2-4-6-18/h2-12H,13H2,1H3,(H,23,24)/b22-12+. The van der Waals surface area contributed by atoms with Crippen molar-refractivity contribution in [3.63, 3.8) is 0 Å². The lowest BCUT2D eigenvalue weighted by Gasteiger charge is -2.04. The van der Waals surface area contributed by atoms with Gasteiger partial charge in [-0.25, -0.2) is 5.43 Å². The molecular weight excluding hydrogens is 412 g/mol. The monoisotopic (exact) mass is 428 g/mol. The highest BCUT2D eigenvalue weighted by Gasteiger charge is 2.05. The van der Waals surface area contributed by atoms with E-state index in [1.165, 1.54) is 11.1 Å². The third kappa shape index (κ3) is 5.09. The van der Waals surface area contributed by atoms with Crippen LogP contribution < -0.4 is 5.43 Å². The second kappa shape index (κ2) is 8.87. The predicted molar refractivity (Wildman–Crippen MR) is 109 cm³/mol. The van der Waals surface area contributed by atoms with E-state index in [1.807, 2.05) is 37.3 Å². The van der Waals surface area contributed by atoms with Crippen LogP contribution in [0.4, 0.5) is 0 Å². The second-order valence-electron chi connectivity index (χ2n) is 5.55. The van der Waals surface area contributed by atoms with Gasteiger partial charge >= 0.3 is 0 Å². The van der Waals surface area contributed by atoms with Crippen LogP contribution in [0.2, 0.25) is 0 Å². The Hall–Kier alpha value is -2.31. The zero-order valence-electron chi connectivity index (χ0n) is 14.1. The minimum Gasteiger partial charge on any atom is -0.459 e. The Bertz CT molecular complexity index is 886. The van der Waals surface area contributed by atoms with Crippen molar-refractivity contribution in [2.75, 3.05) is 0 Å². The molecule has 1 N–H and O–H groups in total. The van der Waals surface area contributed by atoms with E-state index in [2.05, 4.69) is 38.6 Å². The van der Waals surface area contributed by atoms with Crippen molar-refractivity contribution < 1.29 is 9.21 Å². The van der Waals surface area contributed by atoms with Crippen molar-refractivity contribution in [1.29, 1.82) is 0 Å². The van der Waals surface area contributed by atoms with Crippen molar-refractivity contribution >= 4 is 39.8 Å². The summed E-state index contributed by atoms with van der Waals surface area (Å²) < 4.78 is 6.30. The van der Waals surface area contributed by atoms with Crippen molar-refractivity contribution in [2.24, 2.45) is 5.10 Å². The van der Waals surface area contributed by atoms with Crippen LogP contribution in [0.15, 0.2) is 79.6 Å². The molecular formula is C20H17BrN2O2S. The number of aryl methyl sites for hydroxylation is 1. The van der Waals surface area contributed by atoms with Crippen molar-refractivity contribution in [1.82, 2.24) is 5.43 Å². The maximum Gasteiger partial charge on any atom is 0.271 e. The van der Waals surface area contributed by atoms with E-state index in [4.69, 9.17) is 4.42 Å². The van der Waals surface area contributed by atoms with E-state index >= 15 is 0 Å². The Labute approximate surface area is 164 Å². The number of carbonyl (C=O) groups is 1. The molecule has 6 heteroatoms. The number of thioether (sulfide) groups is 1. The molecule has 0 aliphatic carbocycles. The summed E-state index contributed by atoms with van der Waals surface area (Å²) in [6.45, 7) is 1.84. The first-order chi connectivity index (χ1) is 12.6. The molecule has 0 aliphatic rings. The minimum atomic E-state index is -0.258. The molecule has 0 unspecified atom stereocenters. The third-order valence-electron chi connectivity index (χ3n) is 3.60. The van der Waals surface area contributed by atoms with Crippen LogP contribution in [-0.4, -0.2) is 12.1 Å². The zero-order valence-corrected chi connectivity index (χ0v) is 16.5. The molecule has 0 saturated carbocycles. The van der Waals surface area contributed by atoms with Crippen LogP contribution in [0.25, 0.3) is 0 Å². The Kier molecular flexibility index (Phi) is 6.30. The number of benzene rings is 2. The summed E-state index contributed by atoms with van der Waals surface area (Å²) >= 11 is 5.13. The molecule has 0 fully saturated rings. The van der Waals surface area contributed by atoms with Crippen molar-refractivity contribution in [2.45, 2.75) is 17.6 Å². The van der Waals surface area contributed by atoms with Gasteiger partial charge < -0.3 is 4.42 Å². The van der Waals surface area contributed by atoms with Crippen LogP contribution >= 0.6 is 27.7 Å². The molecule has 2 aromatic carbocycles. The molecule has 26 heavy (non-hydrogen) atoms. The normalized spacial score (nSPS) is 11.0. The zero-order chi connectivity index (χ0) is 18.4. The van der Waals surface area contributed by atoms with E-state index in [0.717, 1.165) is 21.5 Å². The Morgan fingerprint density at radius 2 is 1.92 bits per heavy atom. The largest absolute Gasteiger partial charge is 0.459 e. The lowest BCUT2D eigenvalue weighted by molar-refractivity contribution is 0.0955. The number of nitrogens with one attached hydrogen (secondary N) is 1. The summed E-state index contributed by atoms with van der Waals surface area (Å²) in [6, 6.07) is 19.6. The molecule has 1 aromatic heterocycles. The van der Waals surface area contributed by atoms with Gasteiger partial charge in [0, 0.05) is 22.3 Å². The summed E-state index contributed by atoms with van der Waals surface area (Å²) in [5.41, 5.74) is 4.23. The number of rotatable bonds is 6. The molecule has 0 saturated heterocycles. The molecule has 3 rings (SSSR count). The lowest BCUT2D eigenvalue weighted by Crippen LogP contribution is -2.17. The quantitative estimate of drug-likeness (QED) is 0.324. The van der Waals surface area contributed by atoms with Crippen LogP contribution in [0, 0.1) is 6.92 Å². The molecule has 4 nitrogen and oxygen atoms in total. The van der Waals surface area contributed by atoms with Gasteiger partial charge in [0.2, 0.25) is 0 Å². The first kappa shape index (κ1) is 18.5. The fourth-order valence-corrected chi connectivity index (χ4v) is 3.38. The summed E-state index contributed by atoms with van der Waals surface area (Å²) in [7, 11) is 0. The Morgan fingerprint density at radius 3 is 2.58 bits per heavy atom. The molecule has 1 amide bonds. The van der Waals surface area contributed by atoms with Gasteiger partial charge in [0.1, 0.15) is 11.5 Å². The molecule has 0 aliphatic heterocycles. The number of hydrazone groups is 1. The summed E-state index contributed by atoms with van der Waals surface area (Å²) in [6.07, 6.45) is 1.47. The van der Waals surface area contributed by atoms with E-state index in [-0.39, 0.29) is 5.91 Å². The Morgan fingerprint density at radius 1 is 1.19 bits per heavy atom. The molecule has 0 atom stereocenters. The fourth-order valence-electron chi connectivity index (χ4n) is 2.20. The van der Waals surface area contributed by atoms with Gasteiger partial charge in [0.05, 0.1) is 10.7 Å². The third-order valence-corrected chi connectivity index (χ3v) is 5.47. The SMILES string of the molecule is Cc1oc(/C=N/NC(=O)c2ccc(CSc3ccccc3)cc2)cc1Br. The van der Waals surface area contributed by atoms with Crippen LogP contribution in [0.5, 0.6) is 0 Å². The van der Waals surface area contributed by atoms with Crippen LogP contribution in [0.1, 0.15) is 27.4 Å². The molecule has 0 bridgehead atoms. The van der Waals surface area contributed by atoms with Gasteiger partial charge in [-0.15, -0.1) is 11.8 Å². The summed E-state index contributed by atoms with van der Waals surface area (Å²) in [5.74, 6) is 1.94. The van der Waals surface area contributed by atoms with Gasteiger partial charge in [0.15, 0.2) is 0 Å². The molecule has 1 heterocycles. The number of furan rings is 1. The fraction of sp³-hybridized carbons (Fsp3) is 0.100. The average molecular weight is 429 g/mol. The molecule has 132 valence electrons. The van der Waals surface area contributed by atoms with Gasteiger partial charge in [-0.3, -0.25) is 4.79 Å². The molecule has 0 spiro atoms.